The first kappa shape index (κ1) is 10.9. The average Bonchev–Trinajstić information content (AvgIpc) is 2.25. The van der Waals surface area contributed by atoms with Gasteiger partial charge in [-0.25, -0.2) is 4.39 Å². The average molecular weight is 205 g/mol. The number of benzene rings is 1. The molecular formula is C10H8FN3O. The number of halogens is 1. The standard InChI is InChI=1S/C10H8FN3O/c1-15-10-5-4-9(11)7-8(10)3-2-6-13-14-12/h4-5,7H,6H2,1H3. The van der Waals surface area contributed by atoms with Gasteiger partial charge in [0.1, 0.15) is 11.6 Å². The van der Waals surface area contributed by atoms with Crippen molar-refractivity contribution < 1.29 is 9.13 Å². The molecule has 0 aromatic heterocycles. The maximum atomic E-state index is 12.9. The Morgan fingerprint density at radius 1 is 1.60 bits per heavy atom. The molecule has 0 radical (unpaired) electrons. The molecule has 0 fully saturated rings. The molecule has 1 aromatic carbocycles. The van der Waals surface area contributed by atoms with Crippen LogP contribution in [-0.4, -0.2) is 13.7 Å². The highest BCUT2D eigenvalue weighted by Crippen LogP contribution is 2.17. The van der Waals surface area contributed by atoms with Gasteiger partial charge in [0.2, 0.25) is 0 Å². The topological polar surface area (TPSA) is 58.0 Å². The minimum absolute atomic E-state index is 0.0518. The van der Waals surface area contributed by atoms with E-state index in [9.17, 15) is 4.39 Å². The lowest BCUT2D eigenvalue weighted by Crippen LogP contribution is -1.88. The van der Waals surface area contributed by atoms with Crippen molar-refractivity contribution in [1.82, 2.24) is 0 Å². The summed E-state index contributed by atoms with van der Waals surface area (Å²) in [5.41, 5.74) is 8.45. The molecule has 0 aliphatic rings. The Balaban J connectivity index is 2.94. The second kappa shape index (κ2) is 5.53. The molecule has 5 heteroatoms. The Bertz CT molecular complexity index is 455. The van der Waals surface area contributed by atoms with Crippen LogP contribution >= 0.6 is 0 Å². The molecule has 0 amide bonds. The lowest BCUT2D eigenvalue weighted by atomic mass is 10.2. The van der Waals surface area contributed by atoms with Crippen LogP contribution in [0.4, 0.5) is 4.39 Å². The van der Waals surface area contributed by atoms with Gasteiger partial charge in [-0.15, -0.1) is 0 Å². The molecule has 76 valence electrons. The number of hydrogen-bond donors (Lipinski definition) is 0. The lowest BCUT2D eigenvalue weighted by Gasteiger charge is -2.01. The van der Waals surface area contributed by atoms with E-state index in [2.05, 4.69) is 21.9 Å². The molecule has 0 N–H and O–H groups in total. The third kappa shape index (κ3) is 3.22. The lowest BCUT2D eigenvalue weighted by molar-refractivity contribution is 0.412. The predicted molar refractivity (Wildman–Crippen MR) is 53.8 cm³/mol. The summed E-state index contributed by atoms with van der Waals surface area (Å²) in [4.78, 5) is 2.54. The number of nitrogens with zero attached hydrogens (tertiary/aromatic N) is 3. The molecule has 0 atom stereocenters. The number of azide groups is 1. The minimum Gasteiger partial charge on any atom is -0.495 e. The fourth-order valence-electron chi connectivity index (χ4n) is 0.980. The fraction of sp³-hybridized carbons (Fsp3) is 0.200. The molecular weight excluding hydrogens is 197 g/mol. The van der Waals surface area contributed by atoms with E-state index in [1.54, 1.807) is 0 Å². The van der Waals surface area contributed by atoms with Crippen LogP contribution in [0.1, 0.15) is 5.56 Å². The van der Waals surface area contributed by atoms with Crippen LogP contribution in [0, 0.1) is 17.7 Å². The molecule has 4 nitrogen and oxygen atoms in total. The highest BCUT2D eigenvalue weighted by molar-refractivity contribution is 5.46. The Morgan fingerprint density at radius 2 is 2.40 bits per heavy atom. The van der Waals surface area contributed by atoms with Gasteiger partial charge in [-0.2, -0.15) is 0 Å². The van der Waals surface area contributed by atoms with E-state index in [1.165, 1.54) is 25.3 Å². The summed E-state index contributed by atoms with van der Waals surface area (Å²) in [6.45, 7) is 0.0518. The number of methoxy groups -OCH3 is 1. The first-order valence-electron chi connectivity index (χ1n) is 4.11. The summed E-state index contributed by atoms with van der Waals surface area (Å²) in [6, 6.07) is 4.05. The third-order valence-corrected chi connectivity index (χ3v) is 1.60. The van der Waals surface area contributed by atoms with Gasteiger partial charge in [-0.1, -0.05) is 17.0 Å². The fourth-order valence-corrected chi connectivity index (χ4v) is 0.980. The van der Waals surface area contributed by atoms with Crippen molar-refractivity contribution in [2.45, 2.75) is 0 Å². The number of hydrogen-bond acceptors (Lipinski definition) is 2. The molecule has 0 aliphatic carbocycles. The first-order valence-corrected chi connectivity index (χ1v) is 4.11. The Morgan fingerprint density at radius 3 is 3.07 bits per heavy atom. The summed E-state index contributed by atoms with van der Waals surface area (Å²) in [6.07, 6.45) is 0. The van der Waals surface area contributed by atoms with E-state index >= 15 is 0 Å². The van der Waals surface area contributed by atoms with Crippen LogP contribution in [0.25, 0.3) is 10.4 Å². The molecule has 0 spiro atoms. The quantitative estimate of drug-likeness (QED) is 0.316. The zero-order valence-electron chi connectivity index (χ0n) is 8.07. The van der Waals surface area contributed by atoms with Gasteiger partial charge in [0, 0.05) is 4.91 Å². The van der Waals surface area contributed by atoms with E-state index in [-0.39, 0.29) is 12.4 Å². The van der Waals surface area contributed by atoms with E-state index in [0.29, 0.717) is 11.3 Å². The normalized spacial score (nSPS) is 8.40. The Hall–Kier alpha value is -2.18. The largest absolute Gasteiger partial charge is 0.495 e. The van der Waals surface area contributed by atoms with Crippen LogP contribution in [-0.2, 0) is 0 Å². The maximum Gasteiger partial charge on any atom is 0.134 e. The minimum atomic E-state index is -0.385. The Kier molecular flexibility index (Phi) is 4.02. The highest BCUT2D eigenvalue weighted by Gasteiger charge is 2.00. The predicted octanol–water partition coefficient (Wildman–Crippen LogP) is 2.50. The monoisotopic (exact) mass is 205 g/mol. The van der Waals surface area contributed by atoms with Crippen molar-refractivity contribution in [3.05, 3.63) is 40.0 Å². The van der Waals surface area contributed by atoms with E-state index in [4.69, 9.17) is 10.3 Å². The van der Waals surface area contributed by atoms with Crippen molar-refractivity contribution >= 4 is 0 Å². The maximum absolute atomic E-state index is 12.9. The molecule has 0 unspecified atom stereocenters. The van der Waals surface area contributed by atoms with Gasteiger partial charge in [0.15, 0.2) is 0 Å². The van der Waals surface area contributed by atoms with Crippen LogP contribution in [0.15, 0.2) is 23.3 Å². The molecule has 15 heavy (non-hydrogen) atoms. The summed E-state index contributed by atoms with van der Waals surface area (Å²) in [5, 5.41) is 3.24. The van der Waals surface area contributed by atoms with E-state index in [1.807, 2.05) is 0 Å². The van der Waals surface area contributed by atoms with Gasteiger partial charge in [0.05, 0.1) is 19.2 Å². The van der Waals surface area contributed by atoms with Gasteiger partial charge in [-0.05, 0) is 23.7 Å². The van der Waals surface area contributed by atoms with Crippen molar-refractivity contribution in [1.29, 1.82) is 0 Å². The van der Waals surface area contributed by atoms with Crippen LogP contribution in [0.5, 0.6) is 5.75 Å². The molecule has 1 rings (SSSR count). The van der Waals surface area contributed by atoms with Crippen molar-refractivity contribution in [2.24, 2.45) is 5.11 Å². The van der Waals surface area contributed by atoms with E-state index < -0.39 is 0 Å². The van der Waals surface area contributed by atoms with Gasteiger partial charge in [0.25, 0.3) is 0 Å². The third-order valence-electron chi connectivity index (χ3n) is 1.60. The zero-order valence-corrected chi connectivity index (χ0v) is 8.07. The number of ether oxygens (including phenoxy) is 1. The number of rotatable bonds is 2. The SMILES string of the molecule is COc1ccc(F)cc1C#CCN=[N+]=[N-]. The second-order valence-corrected chi connectivity index (χ2v) is 2.54. The Labute approximate surface area is 86.3 Å². The summed E-state index contributed by atoms with van der Waals surface area (Å²) in [5.74, 6) is 5.35. The first-order chi connectivity index (χ1) is 7.27. The van der Waals surface area contributed by atoms with Gasteiger partial charge < -0.3 is 4.74 Å². The van der Waals surface area contributed by atoms with Crippen molar-refractivity contribution in [2.75, 3.05) is 13.7 Å². The highest BCUT2D eigenvalue weighted by atomic mass is 19.1. The van der Waals surface area contributed by atoms with Crippen molar-refractivity contribution in [3.63, 3.8) is 0 Å². The molecule has 0 bridgehead atoms. The second-order valence-electron chi connectivity index (χ2n) is 2.54. The summed E-state index contributed by atoms with van der Waals surface area (Å²) < 4.78 is 17.8. The van der Waals surface area contributed by atoms with Gasteiger partial charge in [-0.3, -0.25) is 0 Å². The molecule has 0 aliphatic heterocycles. The summed E-state index contributed by atoms with van der Waals surface area (Å²) in [7, 11) is 1.48. The van der Waals surface area contributed by atoms with Gasteiger partial charge >= 0.3 is 0 Å². The summed E-state index contributed by atoms with van der Waals surface area (Å²) >= 11 is 0. The van der Waals surface area contributed by atoms with Crippen molar-refractivity contribution in [3.8, 4) is 17.6 Å². The molecule has 0 saturated carbocycles. The molecule has 1 aromatic rings. The molecule has 0 heterocycles. The zero-order chi connectivity index (χ0) is 11.1. The van der Waals surface area contributed by atoms with Crippen LogP contribution < -0.4 is 4.74 Å². The van der Waals surface area contributed by atoms with E-state index in [0.717, 1.165) is 0 Å². The molecule has 0 saturated heterocycles. The van der Waals surface area contributed by atoms with Crippen LogP contribution in [0.2, 0.25) is 0 Å². The smallest absolute Gasteiger partial charge is 0.134 e. The van der Waals surface area contributed by atoms with Crippen LogP contribution in [0.3, 0.4) is 0 Å².